The van der Waals surface area contributed by atoms with Gasteiger partial charge in [0.1, 0.15) is 0 Å². The Morgan fingerprint density at radius 1 is 1.27 bits per heavy atom. The maximum atomic E-state index is 11.7. The first-order valence-corrected chi connectivity index (χ1v) is 9.28. The number of unbranched alkanes of at least 4 members (excludes halogenated alkanes) is 1. The van der Waals surface area contributed by atoms with Crippen LogP contribution in [0.4, 0.5) is 0 Å². The van der Waals surface area contributed by atoms with E-state index >= 15 is 0 Å². The fourth-order valence-electron chi connectivity index (χ4n) is 2.08. The molecule has 1 N–H and O–H groups in total. The Morgan fingerprint density at radius 2 is 1.95 bits per heavy atom. The van der Waals surface area contributed by atoms with Crippen LogP contribution in [0, 0.1) is 6.92 Å². The number of aryl methyl sites for hydroxylation is 1. The molecule has 1 amide bonds. The van der Waals surface area contributed by atoms with Gasteiger partial charge in [-0.3, -0.25) is 4.79 Å². The number of sulfonamides is 1. The van der Waals surface area contributed by atoms with E-state index in [0.717, 1.165) is 17.5 Å². The summed E-state index contributed by atoms with van der Waals surface area (Å²) < 4.78 is 26.0. The molecule has 1 aromatic carbocycles. The molecule has 1 aromatic rings. The molecule has 1 rings (SSSR count). The van der Waals surface area contributed by atoms with Crippen molar-refractivity contribution in [2.75, 3.05) is 18.8 Å². The number of hydrogen-bond donors (Lipinski definition) is 1. The van der Waals surface area contributed by atoms with Crippen molar-refractivity contribution in [1.82, 2.24) is 9.62 Å². The van der Waals surface area contributed by atoms with Crippen LogP contribution in [0.1, 0.15) is 37.8 Å². The zero-order chi connectivity index (χ0) is 16.6. The van der Waals surface area contributed by atoms with Gasteiger partial charge in [-0.25, -0.2) is 13.1 Å². The summed E-state index contributed by atoms with van der Waals surface area (Å²) >= 11 is 0. The number of benzene rings is 1. The summed E-state index contributed by atoms with van der Waals surface area (Å²) in [6.07, 6.45) is 1.49. The Balaban J connectivity index is 2.56. The molecule has 22 heavy (non-hydrogen) atoms. The monoisotopic (exact) mass is 326 g/mol. The number of nitrogens with one attached hydrogen (secondary N) is 1. The predicted molar refractivity (Wildman–Crippen MR) is 89.0 cm³/mol. The van der Waals surface area contributed by atoms with Crippen molar-refractivity contribution < 1.29 is 13.2 Å². The van der Waals surface area contributed by atoms with E-state index in [0.29, 0.717) is 19.5 Å². The largest absolute Gasteiger partial charge is 0.337 e. The molecular weight excluding hydrogens is 300 g/mol. The van der Waals surface area contributed by atoms with Crippen LogP contribution >= 0.6 is 0 Å². The van der Waals surface area contributed by atoms with Gasteiger partial charge in [0.2, 0.25) is 15.9 Å². The molecule has 0 saturated carbocycles. The fraction of sp³-hybridized carbons (Fsp3) is 0.562. The van der Waals surface area contributed by atoms with Crippen molar-refractivity contribution in [2.45, 2.75) is 40.2 Å². The lowest BCUT2D eigenvalue weighted by molar-refractivity contribution is -0.129. The van der Waals surface area contributed by atoms with Crippen LogP contribution in [0.15, 0.2) is 24.3 Å². The highest BCUT2D eigenvalue weighted by Crippen LogP contribution is 2.10. The van der Waals surface area contributed by atoms with Crippen LogP contribution in [-0.4, -0.2) is 38.1 Å². The second-order valence-electron chi connectivity index (χ2n) is 5.43. The molecule has 124 valence electrons. The zero-order valence-electron chi connectivity index (χ0n) is 13.6. The number of rotatable bonds is 9. The van der Waals surface area contributed by atoms with Crippen LogP contribution in [-0.2, 0) is 21.4 Å². The Morgan fingerprint density at radius 3 is 2.55 bits per heavy atom. The van der Waals surface area contributed by atoms with Gasteiger partial charge in [-0.15, -0.1) is 0 Å². The first-order valence-electron chi connectivity index (χ1n) is 7.63. The van der Waals surface area contributed by atoms with Gasteiger partial charge < -0.3 is 4.90 Å². The molecule has 0 saturated heterocycles. The molecule has 0 unspecified atom stereocenters. The first kappa shape index (κ1) is 18.6. The van der Waals surface area contributed by atoms with Gasteiger partial charge >= 0.3 is 0 Å². The third-order valence-electron chi connectivity index (χ3n) is 3.54. The minimum Gasteiger partial charge on any atom is -0.337 e. The van der Waals surface area contributed by atoms with Crippen molar-refractivity contribution >= 4 is 15.9 Å². The number of hydrogen-bond acceptors (Lipinski definition) is 3. The molecule has 0 aromatic heterocycles. The fourth-order valence-corrected chi connectivity index (χ4v) is 3.30. The molecule has 0 spiro atoms. The van der Waals surface area contributed by atoms with Crippen LogP contribution in [0.3, 0.4) is 0 Å². The summed E-state index contributed by atoms with van der Waals surface area (Å²) in [4.78, 5) is 13.4. The molecule has 0 radical (unpaired) electrons. The van der Waals surface area contributed by atoms with Gasteiger partial charge in [0.05, 0.1) is 5.75 Å². The van der Waals surface area contributed by atoms with Gasteiger partial charge in [0.15, 0.2) is 0 Å². The lowest BCUT2D eigenvalue weighted by Crippen LogP contribution is -2.38. The second-order valence-corrected chi connectivity index (χ2v) is 7.36. The lowest BCUT2D eigenvalue weighted by Gasteiger charge is -2.22. The highest BCUT2D eigenvalue weighted by molar-refractivity contribution is 7.89. The number of carbonyl (C=O) groups is 1. The summed E-state index contributed by atoms with van der Waals surface area (Å²) in [6.45, 7) is 6.57. The Hall–Kier alpha value is -1.40. The van der Waals surface area contributed by atoms with Crippen molar-refractivity contribution in [1.29, 1.82) is 0 Å². The van der Waals surface area contributed by atoms with E-state index in [1.165, 1.54) is 6.92 Å². The summed E-state index contributed by atoms with van der Waals surface area (Å²) in [5, 5.41) is 0. The quantitative estimate of drug-likeness (QED) is 0.755. The van der Waals surface area contributed by atoms with E-state index in [-0.39, 0.29) is 18.2 Å². The van der Waals surface area contributed by atoms with Crippen LogP contribution in [0.2, 0.25) is 0 Å². The summed E-state index contributed by atoms with van der Waals surface area (Å²) in [5.41, 5.74) is 2.20. The van der Waals surface area contributed by atoms with Gasteiger partial charge in [-0.1, -0.05) is 37.6 Å². The Labute approximate surface area is 133 Å². The third-order valence-corrected chi connectivity index (χ3v) is 5.01. The molecule has 0 aliphatic heterocycles. The maximum absolute atomic E-state index is 11.7. The van der Waals surface area contributed by atoms with Crippen molar-refractivity contribution in [3.8, 4) is 0 Å². The van der Waals surface area contributed by atoms with Crippen molar-refractivity contribution in [3.05, 3.63) is 35.4 Å². The molecule has 0 aliphatic rings. The molecule has 0 atom stereocenters. The molecule has 0 bridgehead atoms. The Bertz CT molecular complexity index is 585. The number of carbonyl (C=O) groups excluding carboxylic acids is 1. The summed E-state index contributed by atoms with van der Waals surface area (Å²) in [5.74, 6) is 0.0810. The van der Waals surface area contributed by atoms with Crippen LogP contribution < -0.4 is 4.72 Å². The topological polar surface area (TPSA) is 66.5 Å². The van der Waals surface area contributed by atoms with E-state index < -0.39 is 10.0 Å². The van der Waals surface area contributed by atoms with E-state index in [9.17, 15) is 13.2 Å². The van der Waals surface area contributed by atoms with Gasteiger partial charge in [-0.05, 0) is 24.5 Å². The average Bonchev–Trinajstić information content (AvgIpc) is 2.46. The van der Waals surface area contributed by atoms with E-state index in [2.05, 4.69) is 4.72 Å². The minimum absolute atomic E-state index is 0.0593. The molecule has 6 heteroatoms. The highest BCUT2D eigenvalue weighted by Gasteiger charge is 2.13. The molecule has 0 fully saturated rings. The van der Waals surface area contributed by atoms with Crippen LogP contribution in [0.5, 0.6) is 0 Å². The second kappa shape index (κ2) is 8.90. The first-order chi connectivity index (χ1) is 10.4. The average molecular weight is 326 g/mol. The number of amides is 1. The Kier molecular flexibility index (Phi) is 7.55. The smallest absolute Gasteiger partial charge is 0.219 e. The van der Waals surface area contributed by atoms with Crippen molar-refractivity contribution in [3.63, 3.8) is 0 Å². The van der Waals surface area contributed by atoms with Gasteiger partial charge in [0.25, 0.3) is 0 Å². The summed E-state index contributed by atoms with van der Waals surface area (Å²) in [7, 11) is -3.23. The highest BCUT2D eigenvalue weighted by atomic mass is 32.2. The zero-order valence-corrected chi connectivity index (χ0v) is 14.4. The normalized spacial score (nSPS) is 11.4. The van der Waals surface area contributed by atoms with Crippen LogP contribution in [0.25, 0.3) is 0 Å². The van der Waals surface area contributed by atoms with E-state index in [1.807, 2.05) is 38.1 Å². The predicted octanol–water partition coefficient (Wildman–Crippen LogP) is 2.06. The standard InChI is InChI=1S/C16H26N2O3S/c1-4-5-12-22(20,21)17-10-11-18(15(3)19)13-16-9-7-6-8-14(16)2/h6-9,17H,4-5,10-13H2,1-3H3. The van der Waals surface area contributed by atoms with Crippen molar-refractivity contribution in [2.24, 2.45) is 0 Å². The molecule has 0 aliphatic carbocycles. The maximum Gasteiger partial charge on any atom is 0.219 e. The van der Waals surface area contributed by atoms with Gasteiger partial charge in [0, 0.05) is 26.6 Å². The number of nitrogens with zero attached hydrogens (tertiary/aromatic N) is 1. The molecule has 0 heterocycles. The van der Waals surface area contributed by atoms with Gasteiger partial charge in [-0.2, -0.15) is 0 Å². The summed E-state index contributed by atoms with van der Waals surface area (Å²) in [6, 6.07) is 7.88. The minimum atomic E-state index is -3.23. The molecular formula is C16H26N2O3S. The van der Waals surface area contributed by atoms with E-state index in [4.69, 9.17) is 0 Å². The third kappa shape index (κ3) is 6.58. The molecule has 5 nitrogen and oxygen atoms in total. The van der Waals surface area contributed by atoms with E-state index in [1.54, 1.807) is 4.90 Å². The SMILES string of the molecule is CCCCS(=O)(=O)NCCN(Cc1ccccc1C)C(C)=O. The lowest BCUT2D eigenvalue weighted by atomic mass is 10.1.